The van der Waals surface area contributed by atoms with Gasteiger partial charge in [0.1, 0.15) is 0 Å². The molecule has 1 heterocycles. The molecule has 16 heavy (non-hydrogen) atoms. The number of hydrogen-bond donors (Lipinski definition) is 6. The van der Waals surface area contributed by atoms with Crippen LogP contribution >= 0.6 is 0 Å². The van der Waals surface area contributed by atoms with Gasteiger partial charge in [0.2, 0.25) is 0 Å². The average Bonchev–Trinajstić information content (AvgIpc) is 2.29. The average molecular weight is 230 g/mol. The van der Waals surface area contributed by atoms with Gasteiger partial charge < -0.3 is 21.3 Å². The van der Waals surface area contributed by atoms with E-state index >= 15 is 0 Å². The third kappa shape index (κ3) is 9.02. The van der Waals surface area contributed by atoms with E-state index in [1.54, 1.807) is 0 Å². The Morgan fingerprint density at radius 1 is 0.375 bits per heavy atom. The molecule has 1 aliphatic heterocycles. The fourth-order valence-corrected chi connectivity index (χ4v) is 1.51. The molecule has 0 unspecified atom stereocenters. The van der Waals surface area contributed by atoms with Crippen LogP contribution in [0.5, 0.6) is 0 Å². The summed E-state index contributed by atoms with van der Waals surface area (Å²) < 4.78 is 0. The van der Waals surface area contributed by atoms with Crippen LogP contribution in [0.2, 0.25) is 0 Å². The summed E-state index contributed by atoms with van der Waals surface area (Å²) in [6.45, 7) is 7.73. The molecule has 0 radical (unpaired) electrons. The van der Waals surface area contributed by atoms with Gasteiger partial charge in [-0.3, -0.25) is 10.6 Å². The van der Waals surface area contributed by atoms with Crippen LogP contribution in [0.1, 0.15) is 12.8 Å². The predicted molar refractivity (Wildman–Crippen MR) is 67.0 cm³/mol. The van der Waals surface area contributed by atoms with Crippen molar-refractivity contribution in [2.24, 2.45) is 0 Å². The molecule has 6 heteroatoms. The molecule has 0 bridgehead atoms. The van der Waals surface area contributed by atoms with E-state index in [9.17, 15) is 0 Å². The summed E-state index contributed by atoms with van der Waals surface area (Å²) >= 11 is 0. The number of nitrogens with one attached hydrogen (secondary N) is 6. The molecule has 6 nitrogen and oxygen atoms in total. The monoisotopic (exact) mass is 230 g/mol. The second-order valence-corrected chi connectivity index (χ2v) is 3.91. The molecule has 0 spiro atoms. The maximum absolute atomic E-state index is 3.34. The molecule has 1 aliphatic rings. The van der Waals surface area contributed by atoms with Crippen molar-refractivity contribution < 1.29 is 0 Å². The van der Waals surface area contributed by atoms with Gasteiger partial charge in [-0.05, 0) is 39.0 Å². The van der Waals surface area contributed by atoms with E-state index in [1.165, 1.54) is 0 Å². The van der Waals surface area contributed by atoms with Crippen LogP contribution in [0.4, 0.5) is 0 Å². The topological polar surface area (TPSA) is 72.2 Å². The van der Waals surface area contributed by atoms with Gasteiger partial charge in [-0.2, -0.15) is 0 Å². The van der Waals surface area contributed by atoms with Crippen LogP contribution in [-0.4, -0.2) is 52.9 Å². The SMILES string of the molecule is C1CNCNCNCCCNCNCNC1. The molecule has 1 saturated heterocycles. The van der Waals surface area contributed by atoms with E-state index in [0.29, 0.717) is 0 Å². The minimum Gasteiger partial charge on any atom is -0.304 e. The Morgan fingerprint density at radius 3 is 1.00 bits per heavy atom. The molecule has 0 aliphatic carbocycles. The minimum atomic E-state index is 0.878. The zero-order valence-electron chi connectivity index (χ0n) is 10.1. The highest BCUT2D eigenvalue weighted by atomic mass is 15.2. The lowest BCUT2D eigenvalue weighted by Gasteiger charge is -2.11. The van der Waals surface area contributed by atoms with Gasteiger partial charge in [0.25, 0.3) is 0 Å². The fraction of sp³-hybridized carbons (Fsp3) is 1.00. The zero-order chi connectivity index (χ0) is 11.3. The normalized spacial score (nSPS) is 24.0. The molecule has 0 aromatic carbocycles. The lowest BCUT2D eigenvalue weighted by atomic mass is 10.4. The first-order valence-electron chi connectivity index (χ1n) is 6.24. The molecule has 1 fully saturated rings. The van der Waals surface area contributed by atoms with E-state index in [2.05, 4.69) is 31.9 Å². The summed E-state index contributed by atoms with van der Waals surface area (Å²) in [5.41, 5.74) is 0. The Bertz CT molecular complexity index is 79.3. The summed E-state index contributed by atoms with van der Waals surface area (Å²) in [6, 6.07) is 0. The fourth-order valence-electron chi connectivity index (χ4n) is 1.51. The standard InChI is InChI=1S/C10H26N6/c1-3-11-7-15-9-13-5-2-6-14-10-16-8-12-4-1/h11-16H,1-10H2. The lowest BCUT2D eigenvalue weighted by molar-refractivity contribution is 0.481. The van der Waals surface area contributed by atoms with E-state index in [4.69, 9.17) is 0 Å². The zero-order valence-corrected chi connectivity index (χ0v) is 10.1. The number of hydrogen-bond acceptors (Lipinski definition) is 6. The van der Waals surface area contributed by atoms with Crippen LogP contribution in [0.15, 0.2) is 0 Å². The molecule has 0 aromatic heterocycles. The Balaban J connectivity index is 2.00. The first-order chi connectivity index (χ1) is 8.00. The molecule has 0 aromatic rings. The van der Waals surface area contributed by atoms with Gasteiger partial charge in [-0.1, -0.05) is 0 Å². The smallest absolute Gasteiger partial charge is 0.0464 e. The second kappa shape index (κ2) is 11.3. The second-order valence-electron chi connectivity index (χ2n) is 3.91. The predicted octanol–water partition coefficient (Wildman–Crippen LogP) is -1.85. The molecule has 96 valence electrons. The van der Waals surface area contributed by atoms with E-state index in [-0.39, 0.29) is 0 Å². The lowest BCUT2D eigenvalue weighted by Crippen LogP contribution is -2.40. The summed E-state index contributed by atoms with van der Waals surface area (Å²) in [6.07, 6.45) is 2.31. The molecule has 0 saturated carbocycles. The van der Waals surface area contributed by atoms with Crippen LogP contribution in [0.25, 0.3) is 0 Å². The molecular weight excluding hydrogens is 204 g/mol. The Labute approximate surface area is 98.3 Å². The first kappa shape index (κ1) is 13.8. The maximum Gasteiger partial charge on any atom is 0.0464 e. The Morgan fingerprint density at radius 2 is 0.688 bits per heavy atom. The van der Waals surface area contributed by atoms with Gasteiger partial charge in [-0.15, -0.1) is 0 Å². The van der Waals surface area contributed by atoms with E-state index < -0.39 is 0 Å². The summed E-state index contributed by atoms with van der Waals surface area (Å²) in [7, 11) is 0. The van der Waals surface area contributed by atoms with Crippen molar-refractivity contribution in [2.45, 2.75) is 12.8 Å². The van der Waals surface area contributed by atoms with Gasteiger partial charge in [-0.25, -0.2) is 0 Å². The highest BCUT2D eigenvalue weighted by Gasteiger charge is 1.92. The number of rotatable bonds is 0. The third-order valence-electron chi connectivity index (χ3n) is 2.41. The van der Waals surface area contributed by atoms with Gasteiger partial charge >= 0.3 is 0 Å². The Kier molecular flexibility index (Phi) is 9.72. The van der Waals surface area contributed by atoms with Gasteiger partial charge in [0, 0.05) is 26.7 Å². The van der Waals surface area contributed by atoms with Crippen LogP contribution < -0.4 is 31.9 Å². The minimum absolute atomic E-state index is 0.878. The van der Waals surface area contributed by atoms with Gasteiger partial charge in [0.15, 0.2) is 0 Å². The molecule has 0 atom stereocenters. The van der Waals surface area contributed by atoms with Crippen LogP contribution in [-0.2, 0) is 0 Å². The van der Waals surface area contributed by atoms with Crippen LogP contribution in [0.3, 0.4) is 0 Å². The van der Waals surface area contributed by atoms with Crippen molar-refractivity contribution in [1.29, 1.82) is 0 Å². The van der Waals surface area contributed by atoms with Crippen molar-refractivity contribution in [2.75, 3.05) is 52.9 Å². The maximum atomic E-state index is 3.34. The molecule has 0 amide bonds. The molecule has 1 rings (SSSR count). The van der Waals surface area contributed by atoms with Crippen molar-refractivity contribution in [3.05, 3.63) is 0 Å². The van der Waals surface area contributed by atoms with Crippen LogP contribution in [0, 0.1) is 0 Å². The van der Waals surface area contributed by atoms with E-state index in [1.807, 2.05) is 0 Å². The Hall–Kier alpha value is -0.240. The molecular formula is C10H26N6. The quantitative estimate of drug-likeness (QED) is 0.293. The van der Waals surface area contributed by atoms with Crippen molar-refractivity contribution in [1.82, 2.24) is 31.9 Å². The summed E-state index contributed by atoms with van der Waals surface area (Å²) in [5, 5.41) is 20.0. The largest absolute Gasteiger partial charge is 0.304 e. The van der Waals surface area contributed by atoms with E-state index in [0.717, 1.165) is 65.7 Å². The van der Waals surface area contributed by atoms with Crippen molar-refractivity contribution in [3.8, 4) is 0 Å². The summed E-state index contributed by atoms with van der Waals surface area (Å²) in [5.74, 6) is 0. The third-order valence-corrected chi connectivity index (χ3v) is 2.41. The summed E-state index contributed by atoms with van der Waals surface area (Å²) in [4.78, 5) is 0. The van der Waals surface area contributed by atoms with Crippen molar-refractivity contribution in [3.63, 3.8) is 0 Å². The highest BCUT2D eigenvalue weighted by molar-refractivity contribution is 4.54. The van der Waals surface area contributed by atoms with Crippen molar-refractivity contribution >= 4 is 0 Å². The molecule has 6 N–H and O–H groups in total. The van der Waals surface area contributed by atoms with Gasteiger partial charge in [0.05, 0.1) is 0 Å². The first-order valence-corrected chi connectivity index (χ1v) is 6.24. The highest BCUT2D eigenvalue weighted by Crippen LogP contribution is 1.73.